The molecule has 0 fully saturated rings. The van der Waals surface area contributed by atoms with Crippen LogP contribution in [0.5, 0.6) is 0 Å². The van der Waals surface area contributed by atoms with Gasteiger partial charge in [0.05, 0.1) is 4.88 Å². The third-order valence-corrected chi connectivity index (χ3v) is 5.78. The van der Waals surface area contributed by atoms with Crippen LogP contribution in [-0.4, -0.2) is 11.5 Å². The zero-order valence-corrected chi connectivity index (χ0v) is 13.3. The molecular formula is C11H12BrClN2S2. The van der Waals surface area contributed by atoms with E-state index in [0.29, 0.717) is 0 Å². The largest absolute Gasteiger partial charge is 0.312 e. The quantitative estimate of drug-likeness (QED) is 0.784. The van der Waals surface area contributed by atoms with Crippen molar-refractivity contribution in [3.63, 3.8) is 0 Å². The Bertz CT molecular complexity index is 476. The fourth-order valence-electron chi connectivity index (χ4n) is 1.34. The topological polar surface area (TPSA) is 24.9 Å². The van der Waals surface area contributed by atoms with Gasteiger partial charge >= 0.3 is 0 Å². The van der Waals surface area contributed by atoms with Crippen LogP contribution in [-0.2, 0) is 6.54 Å². The van der Waals surface area contributed by atoms with Crippen molar-refractivity contribution in [3.05, 3.63) is 25.9 Å². The van der Waals surface area contributed by atoms with Crippen LogP contribution in [0.1, 0.15) is 18.2 Å². The first kappa shape index (κ1) is 13.5. The molecule has 0 aliphatic rings. The van der Waals surface area contributed by atoms with Crippen molar-refractivity contribution in [2.24, 2.45) is 0 Å². The molecule has 0 aliphatic heterocycles. The van der Waals surface area contributed by atoms with E-state index in [4.69, 9.17) is 11.6 Å². The van der Waals surface area contributed by atoms with E-state index in [1.165, 1.54) is 4.88 Å². The second kappa shape index (κ2) is 6.29. The number of nitrogens with one attached hydrogen (secondary N) is 1. The van der Waals surface area contributed by atoms with Gasteiger partial charge in [0.2, 0.25) is 0 Å². The number of hydrogen-bond acceptors (Lipinski definition) is 4. The van der Waals surface area contributed by atoms with E-state index in [1.807, 2.05) is 12.3 Å². The summed E-state index contributed by atoms with van der Waals surface area (Å²) in [5.41, 5.74) is 0. The molecule has 0 amide bonds. The average Bonchev–Trinajstić information content (AvgIpc) is 2.88. The highest BCUT2D eigenvalue weighted by atomic mass is 79.9. The van der Waals surface area contributed by atoms with Crippen LogP contribution in [0.4, 0.5) is 0 Å². The maximum absolute atomic E-state index is 6.02. The minimum Gasteiger partial charge on any atom is -0.312 e. The molecule has 0 aromatic carbocycles. The molecule has 2 aromatic heterocycles. The van der Waals surface area contributed by atoms with Gasteiger partial charge in [-0.05, 0) is 35.0 Å². The van der Waals surface area contributed by atoms with E-state index >= 15 is 0 Å². The first-order valence-corrected chi connectivity index (χ1v) is 8.11. The molecule has 0 saturated carbocycles. The van der Waals surface area contributed by atoms with Gasteiger partial charge in [0.25, 0.3) is 0 Å². The van der Waals surface area contributed by atoms with E-state index < -0.39 is 0 Å². The summed E-state index contributed by atoms with van der Waals surface area (Å²) in [7, 11) is 0. The van der Waals surface area contributed by atoms with E-state index in [2.05, 4.69) is 33.2 Å². The Morgan fingerprint density at radius 1 is 1.47 bits per heavy atom. The lowest BCUT2D eigenvalue weighted by molar-refractivity contribution is 0.681. The third-order valence-electron chi connectivity index (χ3n) is 2.14. The minimum absolute atomic E-state index is 0.779. The summed E-state index contributed by atoms with van der Waals surface area (Å²) in [5, 5.41) is 4.41. The van der Waals surface area contributed by atoms with Crippen LogP contribution in [0.15, 0.2) is 16.7 Å². The van der Waals surface area contributed by atoms with E-state index in [-0.39, 0.29) is 0 Å². The van der Waals surface area contributed by atoms with E-state index in [0.717, 1.165) is 38.2 Å². The molecule has 92 valence electrons. The molecule has 0 radical (unpaired) electrons. The lowest BCUT2D eigenvalue weighted by atomic mass is 10.4. The zero-order valence-electron chi connectivity index (χ0n) is 9.30. The molecule has 0 bridgehead atoms. The molecule has 1 N–H and O–H groups in total. The van der Waals surface area contributed by atoms with Gasteiger partial charge in [-0.15, -0.1) is 22.7 Å². The molecule has 17 heavy (non-hydrogen) atoms. The van der Waals surface area contributed by atoms with Crippen LogP contribution < -0.4 is 5.32 Å². The number of aromatic nitrogens is 1. The SMILES string of the molecule is CCCNCc1cnc(-c2cc(Br)c(Cl)s2)s1. The van der Waals surface area contributed by atoms with Crippen molar-refractivity contribution in [3.8, 4) is 9.88 Å². The monoisotopic (exact) mass is 350 g/mol. The van der Waals surface area contributed by atoms with Gasteiger partial charge < -0.3 is 5.32 Å². The summed E-state index contributed by atoms with van der Waals surface area (Å²) in [5.74, 6) is 0. The third kappa shape index (κ3) is 3.51. The maximum Gasteiger partial charge on any atom is 0.133 e. The second-order valence-corrected chi connectivity index (χ2v) is 7.16. The molecule has 0 aliphatic carbocycles. The van der Waals surface area contributed by atoms with Crippen molar-refractivity contribution >= 4 is 50.2 Å². The molecule has 6 heteroatoms. The molecule has 0 spiro atoms. The number of halogens is 2. The van der Waals surface area contributed by atoms with Gasteiger partial charge in [-0.25, -0.2) is 4.98 Å². The van der Waals surface area contributed by atoms with Crippen LogP contribution in [0, 0.1) is 0 Å². The average molecular weight is 352 g/mol. The Kier molecular flexibility index (Phi) is 4.99. The second-order valence-electron chi connectivity index (χ2n) is 3.54. The number of hydrogen-bond donors (Lipinski definition) is 1. The smallest absolute Gasteiger partial charge is 0.133 e. The minimum atomic E-state index is 0.779. The Hall–Kier alpha value is 0.0600. The van der Waals surface area contributed by atoms with Gasteiger partial charge in [0, 0.05) is 22.1 Å². The van der Waals surface area contributed by atoms with Crippen LogP contribution >= 0.6 is 50.2 Å². The van der Waals surface area contributed by atoms with Gasteiger partial charge in [0.15, 0.2) is 0 Å². The summed E-state index contributed by atoms with van der Waals surface area (Å²) in [4.78, 5) is 6.81. The fourth-order valence-corrected chi connectivity index (χ4v) is 3.98. The molecule has 0 unspecified atom stereocenters. The van der Waals surface area contributed by atoms with Crippen LogP contribution in [0.2, 0.25) is 4.34 Å². The van der Waals surface area contributed by atoms with Crippen molar-refractivity contribution in [2.75, 3.05) is 6.54 Å². The predicted molar refractivity (Wildman–Crippen MR) is 80.1 cm³/mol. The first-order valence-electron chi connectivity index (χ1n) is 5.31. The molecule has 2 heterocycles. The summed E-state index contributed by atoms with van der Waals surface area (Å²) >= 11 is 12.7. The Labute approximate surface area is 122 Å². The van der Waals surface area contributed by atoms with Crippen molar-refractivity contribution in [2.45, 2.75) is 19.9 Å². The molecule has 2 nitrogen and oxygen atoms in total. The van der Waals surface area contributed by atoms with Crippen molar-refractivity contribution in [1.29, 1.82) is 0 Å². The molecule has 2 aromatic rings. The van der Waals surface area contributed by atoms with Crippen molar-refractivity contribution < 1.29 is 0 Å². The molecule has 0 atom stereocenters. The van der Waals surface area contributed by atoms with Gasteiger partial charge in [0.1, 0.15) is 9.34 Å². The standard InChI is InChI=1S/C11H12BrClN2S2/c1-2-3-14-5-7-6-15-11(16-7)9-4-8(12)10(13)17-9/h4,6,14H,2-3,5H2,1H3. The number of thiophene rings is 1. The van der Waals surface area contributed by atoms with Crippen molar-refractivity contribution in [1.82, 2.24) is 10.3 Å². The van der Waals surface area contributed by atoms with Gasteiger partial charge in [-0.2, -0.15) is 0 Å². The summed E-state index contributed by atoms with van der Waals surface area (Å²) in [6, 6.07) is 2.02. The zero-order chi connectivity index (χ0) is 12.3. The van der Waals surface area contributed by atoms with Gasteiger partial charge in [-0.1, -0.05) is 18.5 Å². The van der Waals surface area contributed by atoms with E-state index in [9.17, 15) is 0 Å². The number of nitrogens with zero attached hydrogens (tertiary/aromatic N) is 1. The van der Waals surface area contributed by atoms with E-state index in [1.54, 1.807) is 22.7 Å². The fraction of sp³-hybridized carbons (Fsp3) is 0.364. The molecular weight excluding hydrogens is 340 g/mol. The predicted octanol–water partition coefficient (Wildman–Crippen LogP) is 4.79. The summed E-state index contributed by atoms with van der Waals surface area (Å²) in [6.45, 7) is 4.10. The Balaban J connectivity index is 2.07. The summed E-state index contributed by atoms with van der Waals surface area (Å²) < 4.78 is 1.72. The molecule has 0 saturated heterocycles. The van der Waals surface area contributed by atoms with Crippen LogP contribution in [0.25, 0.3) is 9.88 Å². The number of thiazole rings is 1. The highest BCUT2D eigenvalue weighted by Gasteiger charge is 2.10. The highest BCUT2D eigenvalue weighted by Crippen LogP contribution is 2.39. The lowest BCUT2D eigenvalue weighted by Gasteiger charge is -1.97. The number of rotatable bonds is 5. The van der Waals surface area contributed by atoms with Crippen LogP contribution in [0.3, 0.4) is 0 Å². The maximum atomic E-state index is 6.02. The highest BCUT2D eigenvalue weighted by molar-refractivity contribution is 9.10. The lowest BCUT2D eigenvalue weighted by Crippen LogP contribution is -2.12. The Morgan fingerprint density at radius 3 is 2.94 bits per heavy atom. The first-order chi connectivity index (χ1) is 8.20. The van der Waals surface area contributed by atoms with Gasteiger partial charge in [-0.3, -0.25) is 0 Å². The molecule has 2 rings (SSSR count). The normalized spacial score (nSPS) is 11.0. The Morgan fingerprint density at radius 2 is 2.29 bits per heavy atom. The summed E-state index contributed by atoms with van der Waals surface area (Å²) in [6.07, 6.45) is 3.09.